The first-order valence-corrected chi connectivity index (χ1v) is 17.6. The number of anilines is 1. The number of morpholine rings is 1. The van der Waals surface area contributed by atoms with Crippen LogP contribution in [0, 0.1) is 5.92 Å². The molecule has 242 valence electrons. The van der Waals surface area contributed by atoms with Crippen LogP contribution in [0.1, 0.15) is 47.3 Å². The quantitative estimate of drug-likeness (QED) is 0.255. The average molecular weight is 636 g/mol. The fourth-order valence-electron chi connectivity index (χ4n) is 5.97. The van der Waals surface area contributed by atoms with Gasteiger partial charge in [0.1, 0.15) is 5.75 Å². The average Bonchev–Trinajstić information content (AvgIpc) is 3.55. The van der Waals surface area contributed by atoms with Crippen LogP contribution in [0.15, 0.2) is 77.7 Å². The second-order valence-corrected chi connectivity index (χ2v) is 14.1. The third kappa shape index (κ3) is 9.07. The third-order valence-electron chi connectivity index (χ3n) is 8.73. The number of ether oxygens (including phenoxy) is 2. The van der Waals surface area contributed by atoms with Crippen molar-refractivity contribution in [1.82, 2.24) is 10.2 Å². The van der Waals surface area contributed by atoms with Gasteiger partial charge in [-0.2, -0.15) is 0 Å². The number of amides is 1. The molecule has 0 saturated carbocycles. The minimum Gasteiger partial charge on any atom is -0.494 e. The maximum atomic E-state index is 13.0. The van der Waals surface area contributed by atoms with E-state index in [9.17, 15) is 18.3 Å². The van der Waals surface area contributed by atoms with Crippen molar-refractivity contribution < 1.29 is 27.8 Å². The minimum atomic E-state index is -3.31. The van der Waals surface area contributed by atoms with Crippen LogP contribution in [0.5, 0.6) is 5.75 Å². The highest BCUT2D eigenvalue weighted by atomic mass is 32.2. The Morgan fingerprint density at radius 1 is 1.00 bits per heavy atom. The highest BCUT2D eigenvalue weighted by Gasteiger charge is 2.24. The van der Waals surface area contributed by atoms with Gasteiger partial charge in [0.2, 0.25) is 0 Å². The molecule has 10 heteroatoms. The summed E-state index contributed by atoms with van der Waals surface area (Å²) in [5.41, 5.74) is 3.54. The Morgan fingerprint density at radius 3 is 2.38 bits per heavy atom. The zero-order valence-corrected chi connectivity index (χ0v) is 26.9. The number of rotatable bonds is 14. The minimum absolute atomic E-state index is 0.0150. The van der Waals surface area contributed by atoms with Gasteiger partial charge in [0.25, 0.3) is 5.91 Å². The van der Waals surface area contributed by atoms with Crippen molar-refractivity contribution in [3.63, 3.8) is 0 Å². The summed E-state index contributed by atoms with van der Waals surface area (Å²) in [6.45, 7) is 8.67. The summed E-state index contributed by atoms with van der Waals surface area (Å²) >= 11 is 0. The maximum Gasteiger partial charge on any atom is 0.251 e. The normalized spacial score (nSPS) is 18.1. The summed E-state index contributed by atoms with van der Waals surface area (Å²) in [4.78, 5) is 18.0. The van der Waals surface area contributed by atoms with E-state index >= 15 is 0 Å². The molecule has 9 nitrogen and oxygen atoms in total. The number of carbonyl (C=O) groups excluding carboxylic acids is 1. The van der Waals surface area contributed by atoms with Crippen molar-refractivity contribution in [3.05, 3.63) is 89.5 Å². The summed E-state index contributed by atoms with van der Waals surface area (Å²) in [6.07, 6.45) is 3.14. The smallest absolute Gasteiger partial charge is 0.251 e. The molecule has 0 bridgehead atoms. The van der Waals surface area contributed by atoms with Gasteiger partial charge in [-0.1, -0.05) is 31.2 Å². The van der Waals surface area contributed by atoms with Gasteiger partial charge in [-0.05, 0) is 84.8 Å². The van der Waals surface area contributed by atoms with E-state index in [2.05, 4.69) is 39.4 Å². The van der Waals surface area contributed by atoms with Gasteiger partial charge in [-0.3, -0.25) is 9.69 Å². The van der Waals surface area contributed by atoms with Crippen LogP contribution in [-0.4, -0.2) is 89.2 Å². The van der Waals surface area contributed by atoms with E-state index < -0.39 is 15.9 Å². The molecule has 2 aliphatic rings. The lowest BCUT2D eigenvalue weighted by atomic mass is 9.99. The van der Waals surface area contributed by atoms with Crippen LogP contribution in [0.3, 0.4) is 0 Å². The number of nitrogens with zero attached hydrogens (tertiary/aromatic N) is 2. The summed E-state index contributed by atoms with van der Waals surface area (Å²) in [5, 5.41) is 12.8. The first kappa shape index (κ1) is 32.9. The van der Waals surface area contributed by atoms with Gasteiger partial charge in [0, 0.05) is 44.0 Å². The van der Waals surface area contributed by atoms with Gasteiger partial charge in [-0.25, -0.2) is 8.42 Å². The molecule has 2 aliphatic heterocycles. The maximum absolute atomic E-state index is 13.0. The lowest BCUT2D eigenvalue weighted by Gasteiger charge is -2.26. The van der Waals surface area contributed by atoms with Crippen LogP contribution >= 0.6 is 0 Å². The van der Waals surface area contributed by atoms with Crippen LogP contribution in [0.2, 0.25) is 0 Å². The summed E-state index contributed by atoms with van der Waals surface area (Å²) < 4.78 is 35.6. The molecular formula is C35H45N3O6S. The molecule has 2 saturated heterocycles. The van der Waals surface area contributed by atoms with E-state index in [1.807, 2.05) is 24.3 Å². The van der Waals surface area contributed by atoms with E-state index in [1.54, 1.807) is 19.1 Å². The predicted octanol–water partition coefficient (Wildman–Crippen LogP) is 4.11. The SMILES string of the molecule is CCS(=O)(=O)c1ccc([C@H](CO)NC(=O)c2ccc(N3CC[C@H](Cc4ccc(OCCCN5CCOCC5)cc4)C3)cc2)cc1. The molecule has 1 amide bonds. The first-order chi connectivity index (χ1) is 21.8. The molecule has 0 unspecified atom stereocenters. The first-order valence-electron chi connectivity index (χ1n) is 16.0. The van der Waals surface area contributed by atoms with Crippen LogP contribution in [-0.2, 0) is 21.0 Å². The van der Waals surface area contributed by atoms with E-state index in [1.165, 1.54) is 17.7 Å². The number of aliphatic hydroxyl groups is 1. The van der Waals surface area contributed by atoms with E-state index in [0.29, 0.717) is 17.0 Å². The Bertz CT molecular complexity index is 1470. The summed E-state index contributed by atoms with van der Waals surface area (Å²) in [5.74, 6) is 1.19. The van der Waals surface area contributed by atoms with Gasteiger partial charge in [-0.15, -0.1) is 0 Å². The number of aliphatic hydroxyl groups excluding tert-OH is 1. The molecule has 0 spiro atoms. The molecule has 5 rings (SSSR count). The van der Waals surface area contributed by atoms with Crippen molar-refractivity contribution in [3.8, 4) is 5.75 Å². The largest absolute Gasteiger partial charge is 0.494 e. The Morgan fingerprint density at radius 2 is 1.71 bits per heavy atom. The zero-order valence-electron chi connectivity index (χ0n) is 26.1. The Balaban J connectivity index is 1.07. The Hall–Kier alpha value is -3.44. The molecule has 2 N–H and O–H groups in total. The number of nitrogens with one attached hydrogen (secondary N) is 1. The van der Waals surface area contributed by atoms with Gasteiger partial charge >= 0.3 is 0 Å². The highest BCUT2D eigenvalue weighted by molar-refractivity contribution is 7.91. The molecule has 45 heavy (non-hydrogen) atoms. The zero-order chi connectivity index (χ0) is 31.6. The topological polar surface area (TPSA) is 108 Å². The van der Waals surface area contributed by atoms with E-state index in [4.69, 9.17) is 9.47 Å². The van der Waals surface area contributed by atoms with E-state index in [0.717, 1.165) is 83.2 Å². The highest BCUT2D eigenvalue weighted by Crippen LogP contribution is 2.27. The monoisotopic (exact) mass is 635 g/mol. The molecule has 0 aliphatic carbocycles. The number of hydrogen-bond acceptors (Lipinski definition) is 8. The van der Waals surface area contributed by atoms with Crippen molar-refractivity contribution in [1.29, 1.82) is 0 Å². The number of hydrogen-bond donors (Lipinski definition) is 2. The molecule has 0 aromatic heterocycles. The van der Waals surface area contributed by atoms with Crippen molar-refractivity contribution in [2.24, 2.45) is 5.92 Å². The lowest BCUT2D eigenvalue weighted by molar-refractivity contribution is 0.0358. The number of sulfone groups is 1. The van der Waals surface area contributed by atoms with Crippen LogP contribution in [0.4, 0.5) is 5.69 Å². The van der Waals surface area contributed by atoms with E-state index in [-0.39, 0.29) is 23.2 Å². The molecule has 3 aromatic carbocycles. The Labute approximate surface area is 267 Å². The van der Waals surface area contributed by atoms with Crippen molar-refractivity contribution in [2.45, 2.75) is 37.1 Å². The van der Waals surface area contributed by atoms with Crippen LogP contribution in [0.25, 0.3) is 0 Å². The molecule has 3 aromatic rings. The summed E-state index contributed by atoms with van der Waals surface area (Å²) in [6, 6.07) is 21.7. The van der Waals surface area contributed by atoms with Crippen molar-refractivity contribution in [2.75, 3.05) is 69.8 Å². The summed E-state index contributed by atoms with van der Waals surface area (Å²) in [7, 11) is -3.31. The number of benzene rings is 3. The van der Waals surface area contributed by atoms with Gasteiger partial charge < -0.3 is 24.8 Å². The van der Waals surface area contributed by atoms with Crippen molar-refractivity contribution >= 4 is 21.4 Å². The molecular weight excluding hydrogens is 590 g/mol. The third-order valence-corrected chi connectivity index (χ3v) is 10.5. The van der Waals surface area contributed by atoms with Gasteiger partial charge in [0.05, 0.1) is 43.1 Å². The lowest BCUT2D eigenvalue weighted by Crippen LogP contribution is -2.37. The standard InChI is InChI=1S/C35H45N3O6S/c1-2-45(41,42)33-14-8-29(9-15-33)34(26-39)36-35(40)30-6-10-31(11-7-30)38-18-16-28(25-38)24-27-4-12-32(13-5-27)44-21-3-17-37-19-22-43-23-20-37/h4-15,28,34,39H,2-3,16-26H2,1H3,(H,36,40)/t28-,34+/m1/s1. The second kappa shape index (κ2) is 15.7. The molecule has 2 fully saturated rings. The molecule has 2 atom stereocenters. The fraction of sp³-hybridized carbons (Fsp3) is 0.457. The number of carbonyl (C=O) groups is 1. The predicted molar refractivity (Wildman–Crippen MR) is 176 cm³/mol. The molecule has 2 heterocycles. The Kier molecular flexibility index (Phi) is 11.5. The molecule has 0 radical (unpaired) electrons. The van der Waals surface area contributed by atoms with Gasteiger partial charge in [0.15, 0.2) is 9.84 Å². The fourth-order valence-corrected chi connectivity index (χ4v) is 6.85. The van der Waals surface area contributed by atoms with Crippen LogP contribution < -0.4 is 15.0 Å². The second-order valence-electron chi connectivity index (χ2n) is 11.8.